The van der Waals surface area contributed by atoms with E-state index >= 15 is 0 Å². The summed E-state index contributed by atoms with van der Waals surface area (Å²) in [6.45, 7) is 9.78. The highest BCUT2D eigenvalue weighted by Gasteiger charge is 2.80. The Labute approximate surface area is 240 Å². The predicted octanol–water partition coefficient (Wildman–Crippen LogP) is 3.20. The lowest BCUT2D eigenvalue weighted by atomic mass is 9.37. The maximum Gasteiger partial charge on any atom is 0.191 e. The normalized spacial score (nSPS) is 36.7. The zero-order chi connectivity index (χ0) is 30.7. The molecule has 0 heterocycles. The first kappa shape index (κ1) is 31.2. The average molecular weight is 571 g/mol. The van der Waals surface area contributed by atoms with E-state index < -0.39 is 81.0 Å². The van der Waals surface area contributed by atoms with Gasteiger partial charge in [-0.15, -0.1) is 0 Å². The molecule has 0 amide bonds. The molecule has 3 N–H and O–H groups in total. The van der Waals surface area contributed by atoms with Gasteiger partial charge in [0.05, 0.1) is 24.2 Å². The highest BCUT2D eigenvalue weighted by Crippen LogP contribution is 2.66. The van der Waals surface area contributed by atoms with Crippen LogP contribution in [-0.4, -0.2) is 69.2 Å². The molecule has 0 saturated heterocycles. The number of fused-ring (bicyclic) bond motifs is 3. The van der Waals surface area contributed by atoms with Crippen LogP contribution in [0.5, 0.6) is 5.75 Å². The number of benzene rings is 1. The fourth-order valence-corrected chi connectivity index (χ4v) is 8.25. The van der Waals surface area contributed by atoms with Crippen molar-refractivity contribution in [3.63, 3.8) is 0 Å². The van der Waals surface area contributed by atoms with Gasteiger partial charge in [0, 0.05) is 29.3 Å². The van der Waals surface area contributed by atoms with E-state index in [0.717, 1.165) is 32.6 Å². The first-order chi connectivity index (χ1) is 19.1. The van der Waals surface area contributed by atoms with Crippen LogP contribution in [0, 0.1) is 34.5 Å². The van der Waals surface area contributed by atoms with E-state index in [1.165, 1.54) is 13.0 Å². The van der Waals surface area contributed by atoms with Gasteiger partial charge in [0.1, 0.15) is 17.5 Å². The van der Waals surface area contributed by atoms with Gasteiger partial charge in [-0.2, -0.15) is 0 Å². The third-order valence-electron chi connectivity index (χ3n) is 10.2. The second kappa shape index (κ2) is 10.8. The number of aliphatic hydroxyl groups is 2. The molecule has 1 aromatic rings. The number of rotatable bonds is 9. The molecule has 41 heavy (non-hydrogen) atoms. The van der Waals surface area contributed by atoms with E-state index in [0.29, 0.717) is 12.2 Å². The van der Waals surface area contributed by atoms with Crippen LogP contribution < -0.4 is 0 Å². The van der Waals surface area contributed by atoms with Crippen molar-refractivity contribution in [2.45, 2.75) is 84.8 Å². The smallest absolute Gasteiger partial charge is 0.191 e. The highest BCUT2D eigenvalue weighted by atomic mass is 16.5. The zero-order valence-electron chi connectivity index (χ0n) is 24.7. The van der Waals surface area contributed by atoms with Crippen molar-refractivity contribution in [3.05, 3.63) is 29.3 Å². The molecule has 0 aromatic heterocycles. The number of ketones is 5. The van der Waals surface area contributed by atoms with Crippen molar-refractivity contribution in [2.75, 3.05) is 13.2 Å². The number of aliphatic hydroxyl groups excluding tert-OH is 1. The Bertz CT molecular complexity index is 1280. The van der Waals surface area contributed by atoms with Crippen LogP contribution in [0.15, 0.2) is 18.2 Å². The van der Waals surface area contributed by atoms with Crippen molar-refractivity contribution in [3.8, 4) is 5.75 Å². The molecule has 4 rings (SSSR count). The van der Waals surface area contributed by atoms with Crippen molar-refractivity contribution < 1.29 is 44.0 Å². The molecule has 0 radical (unpaired) electrons. The van der Waals surface area contributed by atoms with Crippen molar-refractivity contribution >= 4 is 28.9 Å². The summed E-state index contributed by atoms with van der Waals surface area (Å²) in [6, 6.07) is 4.52. The Morgan fingerprint density at radius 3 is 2.29 bits per heavy atom. The molecule has 0 aliphatic heterocycles. The van der Waals surface area contributed by atoms with Crippen LogP contribution >= 0.6 is 0 Å². The zero-order valence-corrected chi connectivity index (χ0v) is 24.7. The Kier molecular flexibility index (Phi) is 8.23. The van der Waals surface area contributed by atoms with E-state index in [1.807, 2.05) is 0 Å². The summed E-state index contributed by atoms with van der Waals surface area (Å²) in [7, 11) is 0. The van der Waals surface area contributed by atoms with Crippen LogP contribution in [-0.2, 0) is 23.9 Å². The summed E-state index contributed by atoms with van der Waals surface area (Å²) in [5.74, 6) is -11.5. The largest absolute Gasteiger partial charge is 0.507 e. The van der Waals surface area contributed by atoms with E-state index in [9.17, 15) is 39.3 Å². The van der Waals surface area contributed by atoms with Crippen LogP contribution in [0.2, 0.25) is 0 Å². The van der Waals surface area contributed by atoms with Crippen LogP contribution in [0.3, 0.4) is 0 Å². The molecule has 2 saturated carbocycles. The molecule has 0 bridgehead atoms. The molecule has 2 fully saturated rings. The Balaban J connectivity index is 1.94. The van der Waals surface area contributed by atoms with Gasteiger partial charge in [-0.1, -0.05) is 66.0 Å². The second-order valence-corrected chi connectivity index (χ2v) is 12.9. The topological polar surface area (TPSA) is 155 Å². The molecule has 224 valence electrons. The van der Waals surface area contributed by atoms with E-state index in [2.05, 4.69) is 6.92 Å². The molecule has 3 aliphatic rings. The lowest BCUT2D eigenvalue weighted by molar-refractivity contribution is -0.242. The predicted molar refractivity (Wildman–Crippen MR) is 148 cm³/mol. The molecular weight excluding hydrogens is 528 g/mol. The Morgan fingerprint density at radius 1 is 1.05 bits per heavy atom. The van der Waals surface area contributed by atoms with Crippen LogP contribution in [0.25, 0.3) is 0 Å². The molecule has 3 unspecified atom stereocenters. The summed E-state index contributed by atoms with van der Waals surface area (Å²) in [5.41, 5.74) is -6.38. The Hall–Kier alpha value is -2.75. The summed E-state index contributed by atoms with van der Waals surface area (Å²) < 4.78 is 6.05. The molecule has 0 spiro atoms. The molecule has 9 nitrogen and oxygen atoms in total. The number of carbonyl (C=O) groups is 5. The number of unbranched alkanes of at least 4 members (excludes halogenated alkanes) is 3. The maximum atomic E-state index is 14.5. The molecule has 1 aromatic carbocycles. The lowest BCUT2D eigenvalue weighted by Crippen LogP contribution is -2.82. The number of hydrogen-bond donors (Lipinski definition) is 3. The first-order valence-corrected chi connectivity index (χ1v) is 14.6. The van der Waals surface area contributed by atoms with Gasteiger partial charge < -0.3 is 20.1 Å². The van der Waals surface area contributed by atoms with E-state index in [1.54, 1.807) is 32.9 Å². The molecule has 3 aliphatic carbocycles. The number of phenols is 1. The van der Waals surface area contributed by atoms with Crippen LogP contribution in [0.4, 0.5) is 0 Å². The van der Waals surface area contributed by atoms with E-state index in [4.69, 9.17) is 4.74 Å². The standard InChI is InChI=1S/C32H42O9/c1-7-8-9-10-14-41-15-19-18-12-11-13-20(34)22(18)26(36)24-28(38)32(40)27(37)21(17(4)33)25(35)23(16(2)3)31(32,6)29(39)30(19,24)5/h11-13,16,19,21,23-24,29,34,39-40H,7-10,14-15H2,1-6H3/t19-,21?,23?,24?,29-,30+,31+,32+/m1/s1. The van der Waals surface area contributed by atoms with Gasteiger partial charge in [0.15, 0.2) is 28.7 Å². The summed E-state index contributed by atoms with van der Waals surface area (Å²) in [6.07, 6.45) is 2.12. The number of hydrogen-bond acceptors (Lipinski definition) is 9. The lowest BCUT2D eigenvalue weighted by Gasteiger charge is -2.65. The minimum atomic E-state index is -2.99. The monoisotopic (exact) mass is 570 g/mol. The number of Topliss-reactive ketones (excluding diaryl/α,β-unsaturated/α-hetero) is 5. The van der Waals surface area contributed by atoms with Gasteiger partial charge in [0.25, 0.3) is 0 Å². The minimum Gasteiger partial charge on any atom is -0.507 e. The molecular formula is C32H42O9. The van der Waals surface area contributed by atoms with Crippen LogP contribution in [0.1, 0.15) is 89.1 Å². The third kappa shape index (κ3) is 4.10. The number of phenolic OH excluding ortho intramolecular Hbond substituents is 1. The number of aromatic hydroxyl groups is 1. The third-order valence-corrected chi connectivity index (χ3v) is 10.2. The van der Waals surface area contributed by atoms with Gasteiger partial charge in [-0.25, -0.2) is 0 Å². The second-order valence-electron chi connectivity index (χ2n) is 12.9. The Morgan fingerprint density at radius 2 is 1.71 bits per heavy atom. The molecule has 9 heteroatoms. The fraction of sp³-hybridized carbons (Fsp3) is 0.656. The summed E-state index contributed by atoms with van der Waals surface area (Å²) >= 11 is 0. The van der Waals surface area contributed by atoms with Gasteiger partial charge in [-0.05, 0) is 30.9 Å². The van der Waals surface area contributed by atoms with Gasteiger partial charge in [-0.3, -0.25) is 24.0 Å². The fourth-order valence-electron chi connectivity index (χ4n) is 8.25. The molecule has 8 atom stereocenters. The van der Waals surface area contributed by atoms with Gasteiger partial charge in [0.2, 0.25) is 0 Å². The summed E-state index contributed by atoms with van der Waals surface area (Å²) in [4.78, 5) is 68.7. The van der Waals surface area contributed by atoms with Crippen molar-refractivity contribution in [1.29, 1.82) is 0 Å². The van der Waals surface area contributed by atoms with Crippen molar-refractivity contribution in [1.82, 2.24) is 0 Å². The first-order valence-electron chi connectivity index (χ1n) is 14.6. The highest BCUT2D eigenvalue weighted by molar-refractivity contribution is 6.32. The number of carbonyl (C=O) groups excluding carboxylic acids is 5. The van der Waals surface area contributed by atoms with E-state index in [-0.39, 0.29) is 17.9 Å². The average Bonchev–Trinajstić information content (AvgIpc) is 2.89. The maximum absolute atomic E-state index is 14.5. The quantitative estimate of drug-likeness (QED) is 0.300. The minimum absolute atomic E-state index is 0.00792. The SMILES string of the molecule is CCCCCCOC[C@@H]1c2cccc(O)c2C(=O)C2C(=O)[C@@]3(O)C(=O)C(C(C)=O)C(=O)C(C(C)C)[C@@]3(C)[C@H](O)[C@]21C. The number of ether oxygens (including phenoxy) is 1. The van der Waals surface area contributed by atoms with Crippen molar-refractivity contribution in [2.24, 2.45) is 34.5 Å². The van der Waals surface area contributed by atoms with Gasteiger partial charge >= 0.3 is 0 Å². The summed E-state index contributed by atoms with van der Waals surface area (Å²) in [5, 5.41) is 35.3.